The first-order valence-corrected chi connectivity index (χ1v) is 53.2. The van der Waals surface area contributed by atoms with Crippen LogP contribution in [0.5, 0.6) is 5.75 Å². The number of aliphatic hydroxyl groups is 2. The maximum atomic E-state index is 12.2. The van der Waals surface area contributed by atoms with Gasteiger partial charge in [-0.2, -0.15) is 0 Å². The van der Waals surface area contributed by atoms with Crippen LogP contribution in [0.15, 0.2) is 373 Å². The Labute approximate surface area is 882 Å². The van der Waals surface area contributed by atoms with Gasteiger partial charge in [0.25, 0.3) is 0 Å². The molecule has 5 fully saturated rings. The van der Waals surface area contributed by atoms with Crippen LogP contribution in [0.25, 0.3) is 4.85 Å². The number of ether oxygens (including phenoxy) is 6. The molecule has 5 saturated heterocycles. The van der Waals surface area contributed by atoms with E-state index in [0.717, 1.165) is 132 Å². The number of hydrogen-bond donors (Lipinski definition) is 3. The van der Waals surface area contributed by atoms with Crippen LogP contribution in [0.3, 0.4) is 0 Å². The van der Waals surface area contributed by atoms with Gasteiger partial charge in [-0.05, 0) is 186 Å². The maximum absolute atomic E-state index is 12.2. The van der Waals surface area contributed by atoms with Crippen molar-refractivity contribution in [3.05, 3.63) is 456 Å². The van der Waals surface area contributed by atoms with Gasteiger partial charge in [0.05, 0.1) is 88.5 Å². The number of carbonyl (C=O) groups is 2. The highest BCUT2D eigenvalue weighted by atomic mass is 79.9. The van der Waals surface area contributed by atoms with E-state index >= 15 is 0 Å². The summed E-state index contributed by atoms with van der Waals surface area (Å²) < 4.78 is 40.2. The van der Waals surface area contributed by atoms with Gasteiger partial charge in [-0.1, -0.05) is 388 Å². The van der Waals surface area contributed by atoms with E-state index in [1.807, 2.05) is 175 Å². The molecule has 0 unspecified atom stereocenters. The molecule has 0 saturated carbocycles. The summed E-state index contributed by atoms with van der Waals surface area (Å²) in [6.07, 6.45) is -0.198. The number of morpholine rings is 4. The monoisotopic (exact) mass is 2360 g/mol. The molecule has 13 aromatic carbocycles. The second kappa shape index (κ2) is 58.9. The van der Waals surface area contributed by atoms with E-state index < -0.39 is 12.2 Å². The summed E-state index contributed by atoms with van der Waals surface area (Å²) in [5.74, 6) is 1.04. The number of hydrogen-bond acceptors (Lipinski definition) is 14. The molecule has 0 radical (unpaired) electrons. The van der Waals surface area contributed by atoms with Gasteiger partial charge in [0, 0.05) is 108 Å². The molecule has 24 heteroatoms. The van der Waals surface area contributed by atoms with Crippen LogP contribution >= 0.6 is 127 Å². The fourth-order valence-electron chi connectivity index (χ4n) is 15.9. The summed E-state index contributed by atoms with van der Waals surface area (Å²) >= 11 is 26.6. The fraction of sp³-hybridized carbons (Fsp3) is 0.289. The van der Waals surface area contributed by atoms with Crippen LogP contribution in [-0.4, -0.2) is 145 Å². The number of carbonyl (C=O) groups excluding carboxylic acids is 2. The number of nitrogens with one attached hydrogen (secondary N) is 1. The Kier molecular flexibility index (Phi) is 47.0. The Bertz CT molecular complexity index is 5730. The molecule has 3 N–H and O–H groups in total. The zero-order valence-electron chi connectivity index (χ0n) is 78.4. The van der Waals surface area contributed by atoms with Gasteiger partial charge in [0.15, 0.2) is 11.5 Å². The number of rotatable bonds is 23. The molecule has 0 spiro atoms. The third-order valence-corrected chi connectivity index (χ3v) is 28.7. The second-order valence-electron chi connectivity index (χ2n) is 33.6. The van der Waals surface area contributed by atoms with Crippen LogP contribution in [-0.2, 0) is 28.5 Å². The summed E-state index contributed by atoms with van der Waals surface area (Å²) in [4.78, 5) is 36.1. The summed E-state index contributed by atoms with van der Waals surface area (Å²) in [6, 6.07) is 117. The van der Waals surface area contributed by atoms with E-state index in [0.29, 0.717) is 53.7 Å². The van der Waals surface area contributed by atoms with Crippen LogP contribution in [0.2, 0.25) is 0 Å². The smallest absolute Gasteiger partial charge is 0.249 e. The number of amides is 1. The van der Waals surface area contributed by atoms with E-state index in [-0.39, 0.29) is 54.8 Å². The molecule has 5 aliphatic heterocycles. The van der Waals surface area contributed by atoms with Crippen molar-refractivity contribution in [3.8, 4) is 5.75 Å². The Morgan fingerprint density at radius 3 is 1.02 bits per heavy atom. The van der Waals surface area contributed by atoms with Gasteiger partial charge in [-0.25, -0.2) is 4.85 Å². The highest BCUT2D eigenvalue weighted by Gasteiger charge is 2.33. The summed E-state index contributed by atoms with van der Waals surface area (Å²) in [5, 5.41) is 23.8. The molecule has 5 aliphatic rings. The molecule has 722 valence electrons. The third-order valence-electron chi connectivity index (χ3n) is 24.4. The quantitative estimate of drug-likeness (QED) is 0.0240. The van der Waals surface area contributed by atoms with Crippen molar-refractivity contribution in [2.45, 2.75) is 108 Å². The lowest BCUT2D eigenvalue weighted by Crippen LogP contribution is -2.44. The minimum absolute atomic E-state index is 0.0460. The molecular formula is C114H120Br8N6O10. The first-order valence-electron chi connectivity index (χ1n) is 46.2. The van der Waals surface area contributed by atoms with Gasteiger partial charge < -0.3 is 48.9 Å². The number of nitrogens with zero attached hydrogens (tertiary/aromatic N) is 5. The summed E-state index contributed by atoms with van der Waals surface area (Å²) in [6.45, 7) is 28.1. The Balaban J connectivity index is 0.000000153. The molecule has 18 rings (SSSR count). The first kappa shape index (κ1) is 110. The first-order chi connectivity index (χ1) is 66.9. The van der Waals surface area contributed by atoms with Crippen molar-refractivity contribution in [3.63, 3.8) is 0 Å². The Hall–Kier alpha value is -8.31. The third kappa shape index (κ3) is 36.0. The number of aliphatic hydroxyl groups excluding tert-OH is 2. The van der Waals surface area contributed by atoms with Crippen molar-refractivity contribution >= 4 is 145 Å². The SMILES string of the molecule is Brc1ccc([C@H]2CO2)cc1.COc1ccc([C@H]2CN([C@H](C)c3ccccc3)CCO2)cc1.C[C@@H](NC[C@@H](O)c1ccc(Br)cc1)c1ccccc1.C[C@H](c1ccccc1)N1CCO[C@@H](c2ccc(Br)cc2)C1.C[C@H](c1ccccc1)N1C[C@H](c2ccc(Br)cc2)OCC1=O.O=C(CBr)c1ccc(Br)cc1.O[C@H](CBr)c1ccc(Br)cc1.[C-]#[N+]c1ccc([C@H]2CN([C@H](C)c3ccccc3)CCO2)cc1. The number of alkyl halides is 2. The van der Waals surface area contributed by atoms with Crippen molar-refractivity contribution in [2.24, 2.45) is 0 Å². The molecule has 0 bridgehead atoms. The number of epoxide rings is 1. The second-order valence-corrected chi connectivity index (χ2v) is 40.3. The lowest BCUT2D eigenvalue weighted by Gasteiger charge is -2.37. The molecule has 16 nitrogen and oxygen atoms in total. The van der Waals surface area contributed by atoms with Gasteiger partial charge in [0.1, 0.15) is 24.6 Å². The number of ketones is 1. The number of Topliss-reactive ketones (excluding diaryl/α,β-unsaturated/α-hetero) is 1. The summed E-state index contributed by atoms with van der Waals surface area (Å²) in [7, 11) is 1.69. The largest absolute Gasteiger partial charge is 0.497 e. The topological polar surface area (TPSA) is 163 Å². The maximum Gasteiger partial charge on any atom is 0.249 e. The van der Waals surface area contributed by atoms with Gasteiger partial charge >= 0.3 is 0 Å². The Morgan fingerprint density at radius 2 is 0.688 bits per heavy atom. The van der Waals surface area contributed by atoms with Crippen LogP contribution in [0.1, 0.15) is 185 Å². The molecule has 0 aromatic heterocycles. The van der Waals surface area contributed by atoms with E-state index in [4.69, 9.17) is 35.0 Å². The van der Waals surface area contributed by atoms with Gasteiger partial charge in [0.2, 0.25) is 5.91 Å². The average molecular weight is 2370 g/mol. The summed E-state index contributed by atoms with van der Waals surface area (Å²) in [5.41, 5.74) is 15.7. The van der Waals surface area contributed by atoms with E-state index in [1.54, 1.807) is 19.2 Å². The number of benzene rings is 13. The molecule has 0 aliphatic carbocycles. The fourth-order valence-corrected chi connectivity index (χ4v) is 18.1. The zero-order valence-corrected chi connectivity index (χ0v) is 91.1. The minimum atomic E-state index is -0.487. The van der Waals surface area contributed by atoms with E-state index in [1.165, 1.54) is 38.9 Å². The van der Waals surface area contributed by atoms with E-state index in [9.17, 15) is 19.8 Å². The van der Waals surface area contributed by atoms with Crippen molar-refractivity contribution < 1.29 is 48.2 Å². The van der Waals surface area contributed by atoms with Gasteiger partial charge in [-0.3, -0.25) is 24.3 Å². The van der Waals surface area contributed by atoms with E-state index in [2.05, 4.69) is 351 Å². The van der Waals surface area contributed by atoms with Crippen molar-refractivity contribution in [1.29, 1.82) is 0 Å². The molecule has 12 atom stereocenters. The molecule has 13 aromatic rings. The van der Waals surface area contributed by atoms with Crippen LogP contribution < -0.4 is 10.1 Å². The predicted octanol–water partition coefficient (Wildman–Crippen LogP) is 29.2. The van der Waals surface area contributed by atoms with Gasteiger partial charge in [-0.15, -0.1) is 0 Å². The molecule has 138 heavy (non-hydrogen) atoms. The molecule has 1 amide bonds. The number of halogens is 8. The highest BCUT2D eigenvalue weighted by Crippen LogP contribution is 2.37. The lowest BCUT2D eigenvalue weighted by atomic mass is 10.0. The average Bonchev–Trinajstić information content (AvgIpc) is 1.23. The lowest BCUT2D eigenvalue weighted by molar-refractivity contribution is -0.152. The zero-order chi connectivity index (χ0) is 98.1. The minimum Gasteiger partial charge on any atom is -0.497 e. The number of methoxy groups -OCH3 is 1. The van der Waals surface area contributed by atoms with Crippen molar-refractivity contribution in [2.75, 3.05) is 103 Å². The molecule has 5 heterocycles. The Morgan fingerprint density at radius 1 is 0.384 bits per heavy atom. The normalized spacial score (nSPS) is 18.3. The van der Waals surface area contributed by atoms with Crippen molar-refractivity contribution in [1.82, 2.24) is 24.9 Å². The van der Waals surface area contributed by atoms with Crippen LogP contribution in [0, 0.1) is 6.57 Å². The van der Waals surface area contributed by atoms with Crippen LogP contribution in [0.4, 0.5) is 5.69 Å². The highest BCUT2D eigenvalue weighted by molar-refractivity contribution is 9.11. The molecular weight excluding hydrogens is 2250 g/mol. The predicted molar refractivity (Wildman–Crippen MR) is 585 cm³/mol. The standard InChI is InChI=1S/C19H20N2O.C19H23NO2.C18H18BrNO2.C18H20BrNO.C16H18BrNO.C8H8Br2O.C8H6Br2O.C8H7BrO/c1-15(16-6-4-3-5-7-16)21-12-13-22-19(14-21)17-8-10-18(20-2)11-9-17;1-15(16-6-4-3-5-7-16)20-12-13-22-19(14-20)17-8-10-18(21-2)11-9-17;1-13(14-5-3-2-4-6-14)20-11-17(22-12-18(20)21)15-7-9-16(19)10-8-15;1-14(15-5-3-2-4-6-15)20-11-12-21-18(13-20)16-7-9-17(19)10-8-16;1-12(13-5-3-2-4-6-13)18-11-16(19)14-7-9-15(17)10-8-14;2*9-5-8(11)6-1-3-7(10)4-2-6;9-7-3-1-6(2-4-7)8-5-10-8/h3-11,15,19H,12-14H2,1H3;3-11,15,19H,12-14H2,1-2H3;2-10,13,17H,11-12H2,1H3;2-10,14,18H,11-13H2,1H3;2-10,12,16,18-19H,11H2,1H3;1-4,8,11H,5H2;1-4H,5H2;1-4,8H,5H2/t2*15-,19-;13-,17-;14-,18-;12-,16-;8-;;8-/m111111.1/s1.